The van der Waals surface area contributed by atoms with Crippen molar-refractivity contribution < 1.29 is 23.1 Å². The molecule has 2 aliphatic heterocycles. The molecular formula is C16H22N2O5S. The number of ether oxygens (including phenoxy) is 1. The standard InChI is InChI=1S/C16H22N2O5S/c19-16(20)14-5-3-13(4-6-14)15-2-1-7-18(12-15)24(21,22)17-8-10-23-11-9-17/h3-6,15H,1-2,7-12H2,(H,19,20)/t15-/m1/s1. The molecule has 2 heterocycles. The molecule has 0 aliphatic carbocycles. The van der Waals surface area contributed by atoms with Gasteiger partial charge in [-0.2, -0.15) is 17.0 Å². The number of hydrogen-bond acceptors (Lipinski definition) is 4. The zero-order chi connectivity index (χ0) is 17.2. The molecule has 132 valence electrons. The molecule has 0 aromatic heterocycles. The quantitative estimate of drug-likeness (QED) is 0.876. The first-order chi connectivity index (χ1) is 11.5. The molecule has 1 aromatic rings. The first kappa shape index (κ1) is 17.3. The number of rotatable bonds is 4. The Bertz CT molecular complexity index is 683. The van der Waals surface area contributed by atoms with Gasteiger partial charge in [0.15, 0.2) is 0 Å². The molecule has 1 atom stereocenters. The maximum atomic E-state index is 12.8. The van der Waals surface area contributed by atoms with Crippen LogP contribution >= 0.6 is 0 Å². The molecule has 1 N–H and O–H groups in total. The van der Waals surface area contributed by atoms with Crippen LogP contribution in [0, 0.1) is 0 Å². The third-order valence-electron chi connectivity index (χ3n) is 4.64. The molecule has 0 amide bonds. The molecule has 3 rings (SSSR count). The lowest BCUT2D eigenvalue weighted by Crippen LogP contribution is -2.51. The molecule has 2 saturated heterocycles. The van der Waals surface area contributed by atoms with Crippen LogP contribution in [0.25, 0.3) is 0 Å². The van der Waals surface area contributed by atoms with Crippen LogP contribution in [0.5, 0.6) is 0 Å². The lowest BCUT2D eigenvalue weighted by molar-refractivity contribution is 0.0694. The molecule has 0 saturated carbocycles. The average molecular weight is 354 g/mol. The van der Waals surface area contributed by atoms with Crippen molar-refractivity contribution in [2.75, 3.05) is 39.4 Å². The monoisotopic (exact) mass is 354 g/mol. The predicted octanol–water partition coefficient (Wildman–Crippen LogP) is 1.14. The van der Waals surface area contributed by atoms with Gasteiger partial charge in [-0.1, -0.05) is 12.1 Å². The fraction of sp³-hybridized carbons (Fsp3) is 0.562. The zero-order valence-electron chi connectivity index (χ0n) is 13.4. The van der Waals surface area contributed by atoms with Crippen LogP contribution in [0.4, 0.5) is 0 Å². The molecule has 7 nitrogen and oxygen atoms in total. The molecule has 0 bridgehead atoms. The Kier molecular flexibility index (Phi) is 5.19. The van der Waals surface area contributed by atoms with E-state index in [1.54, 1.807) is 28.6 Å². The lowest BCUT2D eigenvalue weighted by Gasteiger charge is -2.36. The molecular weight excluding hydrogens is 332 g/mol. The Hall–Kier alpha value is -1.48. The van der Waals surface area contributed by atoms with Gasteiger partial charge in [0, 0.05) is 26.2 Å². The van der Waals surface area contributed by atoms with Crippen LogP contribution in [-0.2, 0) is 14.9 Å². The number of carbonyl (C=O) groups is 1. The number of piperidine rings is 1. The third kappa shape index (κ3) is 3.61. The highest BCUT2D eigenvalue weighted by Gasteiger charge is 2.34. The molecule has 0 spiro atoms. The summed E-state index contributed by atoms with van der Waals surface area (Å²) < 4.78 is 33.8. The number of aromatic carboxylic acids is 1. The second-order valence-corrected chi connectivity index (χ2v) is 8.07. The molecule has 2 aliphatic rings. The average Bonchev–Trinajstić information content (AvgIpc) is 2.62. The van der Waals surface area contributed by atoms with Gasteiger partial charge >= 0.3 is 5.97 Å². The largest absolute Gasteiger partial charge is 0.478 e. The van der Waals surface area contributed by atoms with Gasteiger partial charge in [-0.3, -0.25) is 0 Å². The van der Waals surface area contributed by atoms with Gasteiger partial charge in [0.2, 0.25) is 0 Å². The van der Waals surface area contributed by atoms with E-state index in [4.69, 9.17) is 9.84 Å². The molecule has 2 fully saturated rings. The topological polar surface area (TPSA) is 87.2 Å². The van der Waals surface area contributed by atoms with E-state index in [9.17, 15) is 13.2 Å². The summed E-state index contributed by atoms with van der Waals surface area (Å²) in [6, 6.07) is 6.73. The summed E-state index contributed by atoms with van der Waals surface area (Å²) in [7, 11) is -3.46. The van der Waals surface area contributed by atoms with Crippen LogP contribution < -0.4 is 0 Å². The minimum Gasteiger partial charge on any atom is -0.478 e. The maximum absolute atomic E-state index is 12.8. The second kappa shape index (κ2) is 7.18. The van der Waals surface area contributed by atoms with Crippen molar-refractivity contribution in [1.82, 2.24) is 8.61 Å². The van der Waals surface area contributed by atoms with Crippen molar-refractivity contribution in [2.45, 2.75) is 18.8 Å². The van der Waals surface area contributed by atoms with E-state index in [2.05, 4.69) is 0 Å². The first-order valence-corrected chi connectivity index (χ1v) is 9.54. The fourth-order valence-corrected chi connectivity index (χ4v) is 4.93. The van der Waals surface area contributed by atoms with Gasteiger partial charge in [0.1, 0.15) is 0 Å². The summed E-state index contributed by atoms with van der Waals surface area (Å²) in [6.07, 6.45) is 1.70. The first-order valence-electron chi connectivity index (χ1n) is 8.15. The van der Waals surface area contributed by atoms with E-state index in [0.29, 0.717) is 39.4 Å². The number of nitrogens with zero attached hydrogens (tertiary/aromatic N) is 2. The van der Waals surface area contributed by atoms with Gasteiger partial charge in [0.25, 0.3) is 10.2 Å². The second-order valence-electron chi connectivity index (χ2n) is 6.14. The number of hydrogen-bond donors (Lipinski definition) is 1. The highest BCUT2D eigenvalue weighted by Crippen LogP contribution is 2.29. The summed E-state index contributed by atoms with van der Waals surface area (Å²) in [5.41, 5.74) is 1.23. The summed E-state index contributed by atoms with van der Waals surface area (Å²) in [6.45, 7) is 2.64. The maximum Gasteiger partial charge on any atom is 0.335 e. The van der Waals surface area contributed by atoms with Gasteiger partial charge in [-0.25, -0.2) is 4.79 Å². The Morgan fingerprint density at radius 3 is 2.38 bits per heavy atom. The number of morpholine rings is 1. The summed E-state index contributed by atoms with van der Waals surface area (Å²) in [5.74, 6) is -0.862. The van der Waals surface area contributed by atoms with E-state index < -0.39 is 16.2 Å². The van der Waals surface area contributed by atoms with Gasteiger partial charge < -0.3 is 9.84 Å². The lowest BCUT2D eigenvalue weighted by atomic mass is 9.91. The highest BCUT2D eigenvalue weighted by atomic mass is 32.2. The minimum atomic E-state index is -3.46. The Morgan fingerprint density at radius 1 is 1.08 bits per heavy atom. The van der Waals surface area contributed by atoms with E-state index in [-0.39, 0.29) is 11.5 Å². The summed E-state index contributed by atoms with van der Waals surface area (Å²) >= 11 is 0. The van der Waals surface area contributed by atoms with E-state index in [0.717, 1.165) is 18.4 Å². The van der Waals surface area contributed by atoms with E-state index >= 15 is 0 Å². The van der Waals surface area contributed by atoms with Crippen molar-refractivity contribution in [3.8, 4) is 0 Å². The van der Waals surface area contributed by atoms with Gasteiger partial charge in [0.05, 0.1) is 18.8 Å². The number of carboxylic acids is 1. The van der Waals surface area contributed by atoms with Crippen molar-refractivity contribution in [2.24, 2.45) is 0 Å². The highest BCUT2D eigenvalue weighted by molar-refractivity contribution is 7.86. The Morgan fingerprint density at radius 2 is 1.75 bits per heavy atom. The Balaban J connectivity index is 1.72. The summed E-state index contributed by atoms with van der Waals surface area (Å²) in [4.78, 5) is 10.9. The van der Waals surface area contributed by atoms with Crippen LogP contribution in [-0.4, -0.2) is 67.5 Å². The van der Waals surface area contributed by atoms with Crippen molar-refractivity contribution in [3.63, 3.8) is 0 Å². The SMILES string of the molecule is O=C(O)c1ccc([C@@H]2CCCN(S(=O)(=O)N3CCOCC3)C2)cc1. The fourth-order valence-electron chi connectivity index (χ4n) is 3.26. The van der Waals surface area contributed by atoms with E-state index in [1.165, 1.54) is 4.31 Å². The van der Waals surface area contributed by atoms with Crippen LogP contribution in [0.1, 0.15) is 34.7 Å². The Labute approximate surface area is 142 Å². The molecule has 8 heteroatoms. The molecule has 0 radical (unpaired) electrons. The minimum absolute atomic E-state index is 0.0948. The summed E-state index contributed by atoms with van der Waals surface area (Å²) in [5, 5.41) is 8.98. The van der Waals surface area contributed by atoms with Crippen molar-refractivity contribution >= 4 is 16.2 Å². The van der Waals surface area contributed by atoms with E-state index in [1.807, 2.05) is 0 Å². The van der Waals surface area contributed by atoms with Crippen LogP contribution in [0.15, 0.2) is 24.3 Å². The van der Waals surface area contributed by atoms with Crippen LogP contribution in [0.2, 0.25) is 0 Å². The number of benzene rings is 1. The third-order valence-corrected chi connectivity index (χ3v) is 6.64. The normalized spacial score (nSPS) is 23.9. The van der Waals surface area contributed by atoms with Crippen molar-refractivity contribution in [3.05, 3.63) is 35.4 Å². The van der Waals surface area contributed by atoms with Gasteiger partial charge in [-0.05, 0) is 36.5 Å². The van der Waals surface area contributed by atoms with Crippen molar-refractivity contribution in [1.29, 1.82) is 0 Å². The molecule has 24 heavy (non-hydrogen) atoms. The van der Waals surface area contributed by atoms with Crippen LogP contribution in [0.3, 0.4) is 0 Å². The predicted molar refractivity (Wildman–Crippen MR) is 88.3 cm³/mol. The van der Waals surface area contributed by atoms with Gasteiger partial charge in [-0.15, -0.1) is 0 Å². The molecule has 1 aromatic carbocycles. The molecule has 0 unspecified atom stereocenters. The smallest absolute Gasteiger partial charge is 0.335 e. The zero-order valence-corrected chi connectivity index (χ0v) is 14.2. The number of carboxylic acid groups (broad SMARTS) is 1.